The first kappa shape index (κ1) is 20.1. The number of allylic oxidation sites excluding steroid dienone is 1. The second kappa shape index (κ2) is 8.00. The number of piperidine rings is 2. The third-order valence-electron chi connectivity index (χ3n) is 9.24. The van der Waals surface area contributed by atoms with Gasteiger partial charge in [0.1, 0.15) is 6.10 Å². The van der Waals surface area contributed by atoms with Crippen LogP contribution in [0, 0.1) is 23.2 Å². The van der Waals surface area contributed by atoms with Crippen LogP contribution < -0.4 is 0 Å². The SMILES string of the molecule is C=C1CCC[C@]2(C)C[C@H]3OC(=O)[C@@H](CN4CCC(N5CCCCC5)CC4)[C@H]3C[C@@H]12. The molecule has 0 bridgehead atoms. The number of carbonyl (C=O) groups is 1. The number of fused-ring (bicyclic) bond motifs is 2. The summed E-state index contributed by atoms with van der Waals surface area (Å²) < 4.78 is 5.98. The summed E-state index contributed by atoms with van der Waals surface area (Å²) in [4.78, 5) is 18.1. The highest BCUT2D eigenvalue weighted by atomic mass is 16.6. The molecule has 3 heterocycles. The molecule has 4 nitrogen and oxygen atoms in total. The minimum Gasteiger partial charge on any atom is -0.462 e. The topological polar surface area (TPSA) is 32.8 Å². The van der Waals surface area contributed by atoms with Gasteiger partial charge in [-0.1, -0.05) is 25.5 Å². The monoisotopic (exact) mass is 400 g/mol. The van der Waals surface area contributed by atoms with Crippen LogP contribution in [-0.2, 0) is 9.53 Å². The lowest BCUT2D eigenvalue weighted by Crippen LogP contribution is -2.49. The molecule has 0 aromatic carbocycles. The predicted octanol–water partition coefficient (Wildman–Crippen LogP) is 4.25. The van der Waals surface area contributed by atoms with Gasteiger partial charge in [-0.15, -0.1) is 0 Å². The van der Waals surface area contributed by atoms with E-state index in [1.165, 1.54) is 70.0 Å². The molecule has 162 valence electrons. The normalized spacial score (nSPS) is 42.4. The van der Waals surface area contributed by atoms with Crippen LogP contribution in [0.1, 0.15) is 71.1 Å². The van der Waals surface area contributed by atoms with Gasteiger partial charge < -0.3 is 14.5 Å². The van der Waals surface area contributed by atoms with Gasteiger partial charge in [-0.05, 0) is 95.3 Å². The molecule has 0 N–H and O–H groups in total. The second-order valence-electron chi connectivity index (χ2n) is 11.0. The highest BCUT2D eigenvalue weighted by molar-refractivity contribution is 5.75. The van der Waals surface area contributed by atoms with E-state index in [4.69, 9.17) is 4.74 Å². The van der Waals surface area contributed by atoms with Crippen LogP contribution in [0.15, 0.2) is 12.2 Å². The Balaban J connectivity index is 1.20. The van der Waals surface area contributed by atoms with Gasteiger partial charge in [0.25, 0.3) is 0 Å². The summed E-state index contributed by atoms with van der Waals surface area (Å²) >= 11 is 0. The Kier molecular flexibility index (Phi) is 5.53. The minimum absolute atomic E-state index is 0.0887. The molecule has 0 unspecified atom stereocenters. The van der Waals surface area contributed by atoms with Crippen molar-refractivity contribution in [3.05, 3.63) is 12.2 Å². The molecule has 0 radical (unpaired) electrons. The summed E-state index contributed by atoms with van der Waals surface area (Å²) in [5.41, 5.74) is 1.75. The Morgan fingerprint density at radius 2 is 1.86 bits per heavy atom. The number of ether oxygens (including phenoxy) is 1. The molecule has 3 saturated heterocycles. The summed E-state index contributed by atoms with van der Waals surface area (Å²) in [5, 5.41) is 0. The molecule has 4 heteroatoms. The van der Waals surface area contributed by atoms with Crippen molar-refractivity contribution in [3.8, 4) is 0 Å². The van der Waals surface area contributed by atoms with Crippen molar-refractivity contribution in [1.82, 2.24) is 9.80 Å². The molecule has 5 rings (SSSR count). The molecular weight excluding hydrogens is 360 g/mol. The van der Waals surface area contributed by atoms with Gasteiger partial charge in [-0.25, -0.2) is 0 Å². The summed E-state index contributed by atoms with van der Waals surface area (Å²) in [6.45, 7) is 12.7. The zero-order chi connectivity index (χ0) is 20.0. The van der Waals surface area contributed by atoms with Gasteiger partial charge >= 0.3 is 5.97 Å². The Bertz CT molecular complexity index is 635. The van der Waals surface area contributed by atoms with Gasteiger partial charge in [0.2, 0.25) is 0 Å². The van der Waals surface area contributed by atoms with E-state index < -0.39 is 0 Å². The van der Waals surface area contributed by atoms with Gasteiger partial charge in [0, 0.05) is 18.5 Å². The fourth-order valence-electron chi connectivity index (χ4n) is 7.49. The van der Waals surface area contributed by atoms with Crippen molar-refractivity contribution in [2.24, 2.45) is 23.2 Å². The summed E-state index contributed by atoms with van der Waals surface area (Å²) in [5.74, 6) is 1.19. The van der Waals surface area contributed by atoms with E-state index >= 15 is 0 Å². The Hall–Kier alpha value is -0.870. The zero-order valence-electron chi connectivity index (χ0n) is 18.4. The van der Waals surface area contributed by atoms with E-state index in [0.717, 1.165) is 38.5 Å². The average molecular weight is 401 g/mol. The van der Waals surface area contributed by atoms with Gasteiger partial charge in [-0.2, -0.15) is 0 Å². The lowest BCUT2D eigenvalue weighted by molar-refractivity contribution is -0.146. The largest absolute Gasteiger partial charge is 0.462 e. The molecule has 0 aromatic rings. The maximum atomic E-state index is 12.8. The van der Waals surface area contributed by atoms with Crippen LogP contribution in [-0.4, -0.2) is 60.6 Å². The smallest absolute Gasteiger partial charge is 0.310 e. The van der Waals surface area contributed by atoms with E-state index in [9.17, 15) is 4.79 Å². The first-order chi connectivity index (χ1) is 14.0. The Morgan fingerprint density at radius 3 is 2.62 bits per heavy atom. The van der Waals surface area contributed by atoms with Crippen molar-refractivity contribution in [3.63, 3.8) is 0 Å². The van der Waals surface area contributed by atoms with Crippen LogP contribution in [0.3, 0.4) is 0 Å². The molecule has 5 aliphatic rings. The maximum Gasteiger partial charge on any atom is 0.310 e. The van der Waals surface area contributed by atoms with Gasteiger partial charge in [0.15, 0.2) is 0 Å². The van der Waals surface area contributed by atoms with Crippen LogP contribution in [0.25, 0.3) is 0 Å². The molecule has 29 heavy (non-hydrogen) atoms. The predicted molar refractivity (Wildman–Crippen MR) is 116 cm³/mol. The standard InChI is InChI=1S/C25H40N2O2/c1-18-7-6-10-25(2)16-23-20(15-22(18)25)21(24(28)29-23)17-26-13-8-19(9-14-26)27-11-4-3-5-12-27/h19-23H,1,3-17H2,2H3/t20-,21+,22+,23-,25-/m1/s1. The molecule has 0 amide bonds. The van der Waals surface area contributed by atoms with Crippen molar-refractivity contribution in [2.45, 2.75) is 83.3 Å². The summed E-state index contributed by atoms with van der Waals surface area (Å²) in [6, 6.07) is 0.774. The van der Waals surface area contributed by atoms with E-state index in [-0.39, 0.29) is 18.0 Å². The van der Waals surface area contributed by atoms with E-state index in [1.807, 2.05) is 0 Å². The Labute approximate surface area is 177 Å². The number of esters is 1. The van der Waals surface area contributed by atoms with Crippen molar-refractivity contribution in [1.29, 1.82) is 0 Å². The molecular formula is C25H40N2O2. The fraction of sp³-hybridized carbons (Fsp3) is 0.880. The van der Waals surface area contributed by atoms with Crippen molar-refractivity contribution >= 4 is 5.97 Å². The van der Waals surface area contributed by atoms with E-state index in [0.29, 0.717) is 17.3 Å². The number of nitrogens with zero attached hydrogens (tertiary/aromatic N) is 2. The number of likely N-dealkylation sites (tertiary alicyclic amines) is 2. The highest BCUT2D eigenvalue weighted by Crippen LogP contribution is 2.57. The quantitative estimate of drug-likeness (QED) is 0.524. The number of rotatable bonds is 3. The van der Waals surface area contributed by atoms with E-state index in [1.54, 1.807) is 0 Å². The molecule has 0 spiro atoms. The van der Waals surface area contributed by atoms with Crippen LogP contribution in [0.4, 0.5) is 0 Å². The van der Waals surface area contributed by atoms with Crippen LogP contribution in [0.5, 0.6) is 0 Å². The second-order valence-corrected chi connectivity index (χ2v) is 11.0. The highest BCUT2D eigenvalue weighted by Gasteiger charge is 2.55. The molecule has 2 aliphatic carbocycles. The average Bonchev–Trinajstić information content (AvgIpc) is 3.01. The minimum atomic E-state index is 0.0887. The van der Waals surface area contributed by atoms with E-state index in [2.05, 4.69) is 23.3 Å². The number of hydrogen-bond acceptors (Lipinski definition) is 4. The molecule has 5 fully saturated rings. The third-order valence-corrected chi connectivity index (χ3v) is 9.24. The van der Waals surface area contributed by atoms with Crippen LogP contribution >= 0.6 is 0 Å². The summed E-state index contributed by atoms with van der Waals surface area (Å²) in [6.07, 6.45) is 12.8. The molecule has 0 aromatic heterocycles. The number of carbonyl (C=O) groups excluding carboxylic acids is 1. The Morgan fingerprint density at radius 1 is 1.10 bits per heavy atom. The molecule has 5 atom stereocenters. The first-order valence-electron chi connectivity index (χ1n) is 12.4. The van der Waals surface area contributed by atoms with Crippen molar-refractivity contribution < 1.29 is 9.53 Å². The van der Waals surface area contributed by atoms with Gasteiger partial charge in [0.05, 0.1) is 5.92 Å². The van der Waals surface area contributed by atoms with Crippen LogP contribution in [0.2, 0.25) is 0 Å². The van der Waals surface area contributed by atoms with Crippen molar-refractivity contribution in [2.75, 3.05) is 32.7 Å². The molecule has 2 saturated carbocycles. The third kappa shape index (κ3) is 3.80. The lowest BCUT2D eigenvalue weighted by Gasteiger charge is -2.50. The lowest BCUT2D eigenvalue weighted by atomic mass is 9.55. The number of hydrogen-bond donors (Lipinski definition) is 0. The molecule has 3 aliphatic heterocycles. The first-order valence-corrected chi connectivity index (χ1v) is 12.4. The zero-order valence-corrected chi connectivity index (χ0v) is 18.4. The fourth-order valence-corrected chi connectivity index (χ4v) is 7.49. The van der Waals surface area contributed by atoms with Gasteiger partial charge in [-0.3, -0.25) is 4.79 Å². The summed E-state index contributed by atoms with van der Waals surface area (Å²) in [7, 11) is 0. The maximum absolute atomic E-state index is 12.8.